The van der Waals surface area contributed by atoms with Crippen LogP contribution in [-0.2, 0) is 9.53 Å². The lowest BCUT2D eigenvalue weighted by atomic mass is 9.93. The minimum absolute atomic E-state index is 0.0759. The van der Waals surface area contributed by atoms with Gasteiger partial charge in [-0.25, -0.2) is 9.78 Å². The van der Waals surface area contributed by atoms with E-state index < -0.39 is 17.5 Å². The van der Waals surface area contributed by atoms with Crippen molar-refractivity contribution in [3.63, 3.8) is 0 Å². The number of carboxylic acids is 1. The maximum atomic E-state index is 11.5. The zero-order valence-electron chi connectivity index (χ0n) is 12.3. The summed E-state index contributed by atoms with van der Waals surface area (Å²) < 4.78 is 4.69. The van der Waals surface area contributed by atoms with Crippen LogP contribution in [0.3, 0.4) is 0 Å². The molecule has 1 aliphatic carbocycles. The van der Waals surface area contributed by atoms with Crippen LogP contribution < -0.4 is 5.32 Å². The van der Waals surface area contributed by atoms with Crippen molar-refractivity contribution in [2.24, 2.45) is 0 Å². The van der Waals surface area contributed by atoms with Crippen LogP contribution in [0.4, 0.5) is 5.82 Å². The standard InChI is InChI=1S/C15H20N2O4/c1-10-11(14(20)21-2)5-6-12(16-10)17-15(9-13(18)19)7-3-4-8-15/h5-6H,3-4,7-9H2,1-2H3,(H,16,17)(H,18,19). The number of methoxy groups -OCH3 is 1. The van der Waals surface area contributed by atoms with Gasteiger partial charge in [-0.15, -0.1) is 0 Å². The normalized spacial score (nSPS) is 16.5. The van der Waals surface area contributed by atoms with Crippen molar-refractivity contribution in [3.8, 4) is 0 Å². The van der Waals surface area contributed by atoms with Crippen LogP contribution in [0.15, 0.2) is 12.1 Å². The second kappa shape index (κ2) is 6.11. The molecule has 1 aromatic rings. The lowest BCUT2D eigenvalue weighted by molar-refractivity contribution is -0.138. The highest BCUT2D eigenvalue weighted by Gasteiger charge is 2.36. The molecule has 0 spiro atoms. The number of aryl methyl sites for hydroxylation is 1. The van der Waals surface area contributed by atoms with Crippen molar-refractivity contribution in [1.29, 1.82) is 0 Å². The summed E-state index contributed by atoms with van der Waals surface area (Å²) in [6, 6.07) is 3.35. The van der Waals surface area contributed by atoms with E-state index in [-0.39, 0.29) is 6.42 Å². The Morgan fingerprint density at radius 1 is 1.38 bits per heavy atom. The van der Waals surface area contributed by atoms with E-state index in [2.05, 4.69) is 15.0 Å². The van der Waals surface area contributed by atoms with Gasteiger partial charge < -0.3 is 15.2 Å². The summed E-state index contributed by atoms with van der Waals surface area (Å²) in [7, 11) is 1.33. The highest BCUT2D eigenvalue weighted by molar-refractivity contribution is 5.90. The molecule has 114 valence electrons. The summed E-state index contributed by atoms with van der Waals surface area (Å²) in [5, 5.41) is 12.4. The van der Waals surface area contributed by atoms with Crippen molar-refractivity contribution < 1.29 is 19.4 Å². The van der Waals surface area contributed by atoms with Gasteiger partial charge in [0.15, 0.2) is 0 Å². The summed E-state index contributed by atoms with van der Waals surface area (Å²) in [5.41, 5.74) is 0.551. The molecule has 1 aromatic heterocycles. The van der Waals surface area contributed by atoms with E-state index >= 15 is 0 Å². The Kier molecular flexibility index (Phi) is 4.45. The highest BCUT2D eigenvalue weighted by Crippen LogP contribution is 2.35. The van der Waals surface area contributed by atoms with Crippen molar-refractivity contribution in [1.82, 2.24) is 4.98 Å². The van der Waals surface area contributed by atoms with Crippen molar-refractivity contribution in [2.45, 2.75) is 44.6 Å². The van der Waals surface area contributed by atoms with Gasteiger partial charge in [0.1, 0.15) is 5.82 Å². The molecular weight excluding hydrogens is 272 g/mol. The Morgan fingerprint density at radius 2 is 2.05 bits per heavy atom. The number of esters is 1. The third-order valence-corrected chi connectivity index (χ3v) is 3.93. The molecule has 0 radical (unpaired) electrons. The van der Waals surface area contributed by atoms with Crippen molar-refractivity contribution in [2.75, 3.05) is 12.4 Å². The van der Waals surface area contributed by atoms with E-state index in [1.807, 2.05) is 0 Å². The second-order valence-electron chi connectivity index (χ2n) is 5.50. The Bertz CT molecular complexity index is 551. The van der Waals surface area contributed by atoms with E-state index in [4.69, 9.17) is 5.11 Å². The van der Waals surface area contributed by atoms with E-state index in [9.17, 15) is 9.59 Å². The minimum Gasteiger partial charge on any atom is -0.481 e. The number of rotatable bonds is 5. The molecule has 1 fully saturated rings. The third-order valence-electron chi connectivity index (χ3n) is 3.93. The molecular formula is C15H20N2O4. The van der Waals surface area contributed by atoms with Gasteiger partial charge in [0.25, 0.3) is 0 Å². The summed E-state index contributed by atoms with van der Waals surface area (Å²) in [4.78, 5) is 27.0. The SMILES string of the molecule is COC(=O)c1ccc(NC2(CC(=O)O)CCCC2)nc1C. The molecule has 1 aliphatic rings. The molecule has 21 heavy (non-hydrogen) atoms. The molecule has 6 heteroatoms. The zero-order chi connectivity index (χ0) is 15.5. The van der Waals surface area contributed by atoms with Gasteiger partial charge in [0.05, 0.1) is 24.8 Å². The van der Waals surface area contributed by atoms with Crippen LogP contribution in [-0.4, -0.2) is 34.7 Å². The van der Waals surface area contributed by atoms with Crippen molar-refractivity contribution >= 4 is 17.8 Å². The molecule has 1 heterocycles. The number of nitrogens with zero attached hydrogens (tertiary/aromatic N) is 1. The molecule has 0 aliphatic heterocycles. The number of carbonyl (C=O) groups is 2. The lowest BCUT2D eigenvalue weighted by Crippen LogP contribution is -2.38. The first-order valence-corrected chi connectivity index (χ1v) is 7.02. The number of pyridine rings is 1. The zero-order valence-corrected chi connectivity index (χ0v) is 12.3. The Hall–Kier alpha value is -2.11. The summed E-state index contributed by atoms with van der Waals surface area (Å²) in [5.74, 6) is -0.636. The number of aliphatic carboxylic acids is 1. The quantitative estimate of drug-likeness (QED) is 0.810. The predicted molar refractivity (Wildman–Crippen MR) is 77.4 cm³/mol. The average Bonchev–Trinajstić information content (AvgIpc) is 2.85. The van der Waals surface area contributed by atoms with Gasteiger partial charge in [0, 0.05) is 5.54 Å². The van der Waals surface area contributed by atoms with Crippen LogP contribution in [0.5, 0.6) is 0 Å². The van der Waals surface area contributed by atoms with E-state index in [0.29, 0.717) is 17.1 Å². The van der Waals surface area contributed by atoms with Gasteiger partial charge in [-0.1, -0.05) is 12.8 Å². The number of aromatic nitrogens is 1. The molecule has 0 unspecified atom stereocenters. The smallest absolute Gasteiger partial charge is 0.339 e. The number of anilines is 1. The number of ether oxygens (including phenoxy) is 1. The molecule has 2 N–H and O–H groups in total. The van der Waals surface area contributed by atoms with Crippen LogP contribution >= 0.6 is 0 Å². The fourth-order valence-corrected chi connectivity index (χ4v) is 2.92. The topological polar surface area (TPSA) is 88.5 Å². The maximum Gasteiger partial charge on any atom is 0.339 e. The van der Waals surface area contributed by atoms with Crippen molar-refractivity contribution in [3.05, 3.63) is 23.4 Å². The Morgan fingerprint density at radius 3 is 2.57 bits per heavy atom. The first-order valence-electron chi connectivity index (χ1n) is 7.02. The molecule has 2 rings (SSSR count). The molecule has 0 saturated heterocycles. The van der Waals surface area contributed by atoms with E-state index in [1.165, 1.54) is 7.11 Å². The van der Waals surface area contributed by atoms with Crippen LogP contribution in [0.2, 0.25) is 0 Å². The number of hydrogen-bond acceptors (Lipinski definition) is 5. The molecule has 0 amide bonds. The number of carboxylic acid groups (broad SMARTS) is 1. The monoisotopic (exact) mass is 292 g/mol. The molecule has 6 nitrogen and oxygen atoms in total. The largest absolute Gasteiger partial charge is 0.481 e. The van der Waals surface area contributed by atoms with Crippen LogP contribution in [0.25, 0.3) is 0 Å². The number of nitrogens with one attached hydrogen (secondary N) is 1. The first-order chi connectivity index (χ1) is 9.96. The summed E-state index contributed by atoms with van der Waals surface area (Å²) >= 11 is 0. The second-order valence-corrected chi connectivity index (χ2v) is 5.50. The molecule has 0 atom stereocenters. The average molecular weight is 292 g/mol. The highest BCUT2D eigenvalue weighted by atomic mass is 16.5. The molecule has 0 aromatic carbocycles. The minimum atomic E-state index is -0.813. The predicted octanol–water partition coefficient (Wildman–Crippen LogP) is 2.38. The van der Waals surface area contributed by atoms with Crippen LogP contribution in [0, 0.1) is 6.92 Å². The third kappa shape index (κ3) is 3.51. The Balaban J connectivity index is 2.20. The first kappa shape index (κ1) is 15.3. The Labute approximate surface area is 123 Å². The number of hydrogen-bond donors (Lipinski definition) is 2. The van der Waals surface area contributed by atoms with Gasteiger partial charge in [0.2, 0.25) is 0 Å². The van der Waals surface area contributed by atoms with Gasteiger partial charge >= 0.3 is 11.9 Å². The fraction of sp³-hybridized carbons (Fsp3) is 0.533. The van der Waals surface area contributed by atoms with Gasteiger partial charge in [-0.2, -0.15) is 0 Å². The molecule has 0 bridgehead atoms. The van der Waals surface area contributed by atoms with Gasteiger partial charge in [-0.3, -0.25) is 4.79 Å². The number of carbonyl (C=O) groups excluding carboxylic acids is 1. The lowest BCUT2D eigenvalue weighted by Gasteiger charge is -2.29. The molecule has 1 saturated carbocycles. The summed E-state index contributed by atoms with van der Waals surface area (Å²) in [6.07, 6.45) is 3.74. The summed E-state index contributed by atoms with van der Waals surface area (Å²) in [6.45, 7) is 1.73. The fourth-order valence-electron chi connectivity index (χ4n) is 2.92. The van der Waals surface area contributed by atoms with Crippen LogP contribution in [0.1, 0.15) is 48.2 Å². The van der Waals surface area contributed by atoms with E-state index in [1.54, 1.807) is 19.1 Å². The van der Waals surface area contributed by atoms with Gasteiger partial charge in [-0.05, 0) is 31.9 Å². The maximum absolute atomic E-state index is 11.5. The van der Waals surface area contributed by atoms with E-state index in [0.717, 1.165) is 25.7 Å².